The number of alkyl halides is 2. The molecule has 1 aliphatic rings. The number of rotatable bonds is 3. The number of carbonyl (C=O) groups excluding carboxylic acids is 2. The Labute approximate surface area is 142 Å². The van der Waals surface area contributed by atoms with Gasteiger partial charge in [0.05, 0.1) is 12.6 Å². The van der Waals surface area contributed by atoms with Crippen LogP contribution in [0, 0.1) is 11.3 Å². The van der Waals surface area contributed by atoms with Crippen molar-refractivity contribution < 1.29 is 18.4 Å². The van der Waals surface area contributed by atoms with Crippen molar-refractivity contribution in [3.05, 3.63) is 42.5 Å². The smallest absolute Gasteiger partial charge is 0.268 e. The quantitative estimate of drug-likeness (QED) is 0.871. The van der Waals surface area contributed by atoms with E-state index < -0.39 is 43.2 Å². The molecule has 0 saturated carbocycles. The van der Waals surface area contributed by atoms with E-state index in [1.54, 1.807) is 18.2 Å². The van der Waals surface area contributed by atoms with Crippen LogP contribution in [-0.4, -0.2) is 35.2 Å². The maximum Gasteiger partial charge on any atom is 0.268 e. The van der Waals surface area contributed by atoms with Gasteiger partial charge < -0.3 is 10.2 Å². The fraction of sp³-hybridized carbons (Fsp3) is 0.278. The zero-order valence-electron chi connectivity index (χ0n) is 13.2. The van der Waals surface area contributed by atoms with E-state index in [0.717, 1.165) is 15.7 Å². The third-order valence-corrected chi connectivity index (χ3v) is 4.08. The van der Waals surface area contributed by atoms with Crippen molar-refractivity contribution in [2.75, 3.05) is 11.9 Å². The van der Waals surface area contributed by atoms with Gasteiger partial charge in [-0.25, -0.2) is 8.78 Å². The molecule has 1 aliphatic heterocycles. The van der Waals surface area contributed by atoms with Gasteiger partial charge in [0.15, 0.2) is 0 Å². The zero-order chi connectivity index (χ0) is 18.0. The lowest BCUT2D eigenvalue weighted by Gasteiger charge is -2.18. The van der Waals surface area contributed by atoms with Crippen LogP contribution in [0.1, 0.15) is 12.8 Å². The predicted octanol–water partition coefficient (Wildman–Crippen LogP) is 2.93. The number of hydrogen-bond donors (Lipinski definition) is 1. The molecule has 0 spiro atoms. The fourth-order valence-electron chi connectivity index (χ4n) is 2.91. The Morgan fingerprint density at radius 2 is 1.96 bits per heavy atom. The Bertz CT molecular complexity index is 876. The highest BCUT2D eigenvalue weighted by molar-refractivity contribution is 6.04. The highest BCUT2D eigenvalue weighted by Gasteiger charge is 2.47. The molecule has 1 heterocycles. The van der Waals surface area contributed by atoms with Crippen LogP contribution in [0.15, 0.2) is 42.5 Å². The first-order chi connectivity index (χ1) is 11.9. The number of nitriles is 1. The second-order valence-corrected chi connectivity index (χ2v) is 6.01. The van der Waals surface area contributed by atoms with Crippen molar-refractivity contribution in [2.45, 2.75) is 24.8 Å². The van der Waals surface area contributed by atoms with E-state index in [-0.39, 0.29) is 0 Å². The van der Waals surface area contributed by atoms with Crippen LogP contribution < -0.4 is 5.32 Å². The van der Waals surface area contributed by atoms with Gasteiger partial charge in [-0.1, -0.05) is 30.3 Å². The maximum absolute atomic E-state index is 13.4. The number of amides is 2. The van der Waals surface area contributed by atoms with Gasteiger partial charge >= 0.3 is 0 Å². The standard InChI is InChI=1S/C18H15F2N3O2/c19-18(20)9-15(10-21)23(11-18)17(25)8-16(24)22-14-6-5-12-3-1-2-4-13(12)7-14/h1-7,15H,8-9,11H2,(H,22,24). The second-order valence-electron chi connectivity index (χ2n) is 6.01. The lowest BCUT2D eigenvalue weighted by atomic mass is 10.1. The average Bonchev–Trinajstić information content (AvgIpc) is 2.89. The topological polar surface area (TPSA) is 73.2 Å². The molecule has 2 aromatic carbocycles. The van der Waals surface area contributed by atoms with Gasteiger partial charge in [0.25, 0.3) is 5.92 Å². The van der Waals surface area contributed by atoms with E-state index in [4.69, 9.17) is 5.26 Å². The molecule has 3 rings (SSSR count). The number of anilines is 1. The van der Waals surface area contributed by atoms with E-state index in [9.17, 15) is 18.4 Å². The number of nitrogens with one attached hydrogen (secondary N) is 1. The summed E-state index contributed by atoms with van der Waals surface area (Å²) in [6, 6.07) is 13.4. The fourth-order valence-corrected chi connectivity index (χ4v) is 2.91. The molecule has 1 atom stereocenters. The Morgan fingerprint density at radius 1 is 1.24 bits per heavy atom. The third kappa shape index (κ3) is 3.74. The molecule has 1 fully saturated rings. The molecule has 0 radical (unpaired) electrons. The number of nitrogens with zero attached hydrogens (tertiary/aromatic N) is 2. The number of benzene rings is 2. The number of fused-ring (bicyclic) bond motifs is 1. The SMILES string of the molecule is N#CC1CC(F)(F)CN1C(=O)CC(=O)Nc1ccc2ccccc2c1. The molecule has 128 valence electrons. The number of hydrogen-bond acceptors (Lipinski definition) is 3. The highest BCUT2D eigenvalue weighted by Crippen LogP contribution is 2.32. The van der Waals surface area contributed by atoms with Crippen molar-refractivity contribution in [3.63, 3.8) is 0 Å². The summed E-state index contributed by atoms with van der Waals surface area (Å²) in [6.07, 6.45) is -1.28. The van der Waals surface area contributed by atoms with Gasteiger partial charge in [-0.15, -0.1) is 0 Å². The molecule has 1 N–H and O–H groups in total. The summed E-state index contributed by atoms with van der Waals surface area (Å²) in [4.78, 5) is 24.9. The summed E-state index contributed by atoms with van der Waals surface area (Å²) >= 11 is 0. The van der Waals surface area contributed by atoms with Crippen LogP contribution in [0.3, 0.4) is 0 Å². The molecule has 1 unspecified atom stereocenters. The Balaban J connectivity index is 1.65. The molecule has 0 aromatic heterocycles. The summed E-state index contributed by atoms with van der Waals surface area (Å²) in [5.41, 5.74) is 0.514. The summed E-state index contributed by atoms with van der Waals surface area (Å²) in [5.74, 6) is -4.47. The first kappa shape index (κ1) is 16.8. The van der Waals surface area contributed by atoms with Crippen LogP contribution in [0.2, 0.25) is 0 Å². The van der Waals surface area contributed by atoms with Crippen LogP contribution in [-0.2, 0) is 9.59 Å². The minimum absolute atomic E-state index is 0.514. The average molecular weight is 343 g/mol. The minimum Gasteiger partial charge on any atom is -0.326 e. The normalized spacial score (nSPS) is 18.8. The predicted molar refractivity (Wildman–Crippen MR) is 87.9 cm³/mol. The van der Waals surface area contributed by atoms with Gasteiger partial charge in [0.1, 0.15) is 12.5 Å². The molecule has 0 bridgehead atoms. The molecule has 2 aromatic rings. The van der Waals surface area contributed by atoms with Gasteiger partial charge in [0.2, 0.25) is 11.8 Å². The lowest BCUT2D eigenvalue weighted by Crippen LogP contribution is -2.37. The molecule has 5 nitrogen and oxygen atoms in total. The summed E-state index contributed by atoms with van der Waals surface area (Å²) in [6.45, 7) is -0.826. The van der Waals surface area contributed by atoms with E-state index in [2.05, 4.69) is 5.32 Å². The first-order valence-electron chi connectivity index (χ1n) is 7.73. The van der Waals surface area contributed by atoms with Crippen molar-refractivity contribution in [2.24, 2.45) is 0 Å². The second kappa shape index (κ2) is 6.48. The van der Waals surface area contributed by atoms with Crippen LogP contribution >= 0.6 is 0 Å². The van der Waals surface area contributed by atoms with Gasteiger partial charge in [-0.2, -0.15) is 5.26 Å². The molecular weight excluding hydrogens is 328 g/mol. The van der Waals surface area contributed by atoms with Crippen molar-refractivity contribution in [3.8, 4) is 6.07 Å². The third-order valence-electron chi connectivity index (χ3n) is 4.08. The van der Waals surface area contributed by atoms with Crippen LogP contribution in [0.4, 0.5) is 14.5 Å². The molecule has 7 heteroatoms. The van der Waals surface area contributed by atoms with Crippen LogP contribution in [0.25, 0.3) is 10.8 Å². The zero-order valence-corrected chi connectivity index (χ0v) is 13.2. The van der Waals surface area contributed by atoms with E-state index in [1.807, 2.05) is 30.3 Å². The summed E-state index contributed by atoms with van der Waals surface area (Å²) in [7, 11) is 0. The Morgan fingerprint density at radius 3 is 2.68 bits per heavy atom. The molecule has 2 amide bonds. The van der Waals surface area contributed by atoms with Crippen LogP contribution in [0.5, 0.6) is 0 Å². The molecule has 0 aliphatic carbocycles. The Kier molecular flexibility index (Phi) is 4.36. The first-order valence-corrected chi connectivity index (χ1v) is 7.73. The minimum atomic E-state index is -3.09. The van der Waals surface area contributed by atoms with Crippen molar-refractivity contribution in [1.29, 1.82) is 5.26 Å². The van der Waals surface area contributed by atoms with Gasteiger partial charge in [0, 0.05) is 12.1 Å². The highest BCUT2D eigenvalue weighted by atomic mass is 19.3. The van der Waals surface area contributed by atoms with Gasteiger partial charge in [-0.3, -0.25) is 9.59 Å². The monoisotopic (exact) mass is 343 g/mol. The molecule has 25 heavy (non-hydrogen) atoms. The Hall–Kier alpha value is -3.01. The number of halogens is 2. The van der Waals surface area contributed by atoms with E-state index in [0.29, 0.717) is 5.69 Å². The van der Waals surface area contributed by atoms with E-state index in [1.165, 1.54) is 0 Å². The summed E-state index contributed by atoms with van der Waals surface area (Å²) in [5, 5.41) is 13.4. The maximum atomic E-state index is 13.4. The number of likely N-dealkylation sites (tertiary alicyclic amines) is 1. The largest absolute Gasteiger partial charge is 0.326 e. The van der Waals surface area contributed by atoms with Crippen molar-refractivity contribution >= 4 is 28.3 Å². The lowest BCUT2D eigenvalue weighted by molar-refractivity contribution is -0.135. The molecular formula is C18H15F2N3O2. The summed E-state index contributed by atoms with van der Waals surface area (Å²) < 4.78 is 26.8. The van der Waals surface area contributed by atoms with Gasteiger partial charge in [-0.05, 0) is 22.9 Å². The van der Waals surface area contributed by atoms with E-state index >= 15 is 0 Å². The number of carbonyl (C=O) groups is 2. The molecule has 1 saturated heterocycles. The van der Waals surface area contributed by atoms with Crippen molar-refractivity contribution in [1.82, 2.24) is 4.90 Å².